The minimum Gasteiger partial charge on any atom is -0.378 e. The number of carbonyl (C=O) groups excluding carboxylic acids is 1. The highest BCUT2D eigenvalue weighted by Crippen LogP contribution is 2.48. The molecule has 0 saturated carbocycles. The molecule has 1 heterocycles. The number of anilines is 1. The molecule has 0 spiro atoms. The van der Waals surface area contributed by atoms with E-state index in [9.17, 15) is 39.6 Å². The predicted molar refractivity (Wildman–Crippen MR) is 127 cm³/mol. The van der Waals surface area contributed by atoms with E-state index in [1.807, 2.05) is 0 Å². The van der Waals surface area contributed by atoms with Gasteiger partial charge in [0, 0.05) is 29.0 Å². The van der Waals surface area contributed by atoms with Gasteiger partial charge in [0.15, 0.2) is 0 Å². The van der Waals surface area contributed by atoms with Gasteiger partial charge in [-0.05, 0) is 36.8 Å². The van der Waals surface area contributed by atoms with Crippen molar-refractivity contribution in [2.24, 2.45) is 0 Å². The minimum atomic E-state index is -5.41. The number of benzene rings is 2. The second-order valence-electron chi connectivity index (χ2n) is 7.77. The molecule has 14 heteroatoms. The van der Waals surface area contributed by atoms with Crippen LogP contribution in [0.25, 0.3) is 6.08 Å². The van der Waals surface area contributed by atoms with Crippen LogP contribution in [0.5, 0.6) is 0 Å². The molecule has 1 N–H and O–H groups in total. The highest BCUT2D eigenvalue weighted by Gasteiger charge is 2.46. The quantitative estimate of drug-likeness (QED) is 0.352. The maximum Gasteiger partial charge on any atom is 0.418 e. The number of rotatable bonds is 7. The van der Waals surface area contributed by atoms with Gasteiger partial charge in [0.1, 0.15) is 0 Å². The number of amides is 1. The van der Waals surface area contributed by atoms with Crippen molar-refractivity contribution in [2.45, 2.75) is 29.1 Å². The van der Waals surface area contributed by atoms with Crippen molar-refractivity contribution in [2.75, 3.05) is 36.8 Å². The fourth-order valence-electron chi connectivity index (χ4n) is 3.46. The van der Waals surface area contributed by atoms with E-state index in [-0.39, 0.29) is 42.6 Å². The van der Waals surface area contributed by atoms with Crippen LogP contribution >= 0.6 is 11.8 Å². The third kappa shape index (κ3) is 7.42. The van der Waals surface area contributed by atoms with Crippen LogP contribution in [0.3, 0.4) is 0 Å². The average molecular weight is 569 g/mol. The van der Waals surface area contributed by atoms with Crippen LogP contribution in [-0.4, -0.2) is 51.3 Å². The summed E-state index contributed by atoms with van der Waals surface area (Å²) in [6.45, 7) is 2.26. The molecule has 1 amide bonds. The summed E-state index contributed by atoms with van der Waals surface area (Å²) in [5.41, 5.74) is -4.77. The fourth-order valence-corrected chi connectivity index (χ4v) is 5.25. The van der Waals surface area contributed by atoms with E-state index in [1.165, 1.54) is 36.1 Å². The topological polar surface area (TPSA) is 75.7 Å². The first-order valence-corrected chi connectivity index (χ1v) is 13.3. The second-order valence-corrected chi connectivity index (χ2v) is 10.9. The second kappa shape index (κ2) is 11.4. The molecule has 2 aromatic rings. The largest absolute Gasteiger partial charge is 0.418 e. The molecule has 202 valence electrons. The van der Waals surface area contributed by atoms with Gasteiger partial charge < -0.3 is 9.64 Å². The van der Waals surface area contributed by atoms with Crippen molar-refractivity contribution in [1.29, 1.82) is 0 Å². The van der Waals surface area contributed by atoms with Crippen molar-refractivity contribution in [1.82, 2.24) is 4.90 Å². The van der Waals surface area contributed by atoms with Gasteiger partial charge in [-0.15, -0.1) is 0 Å². The molecule has 0 atom stereocenters. The Kier molecular flexibility index (Phi) is 8.85. The number of hydrogen-bond donors (Lipinski definition) is 1. The van der Waals surface area contributed by atoms with E-state index in [2.05, 4.69) is 4.72 Å². The Bertz CT molecular complexity index is 1270. The Morgan fingerprint density at radius 3 is 2.22 bits per heavy atom. The summed E-state index contributed by atoms with van der Waals surface area (Å²) in [5, 5.41) is 0. The fraction of sp³-hybridized carbons (Fsp3) is 0.348. The van der Waals surface area contributed by atoms with Crippen LogP contribution < -0.4 is 4.72 Å². The lowest BCUT2D eigenvalue weighted by Crippen LogP contribution is -2.39. The van der Waals surface area contributed by atoms with Crippen LogP contribution in [0.4, 0.5) is 32.0 Å². The molecule has 0 aliphatic carbocycles. The number of para-hydroxylation sites is 1. The van der Waals surface area contributed by atoms with E-state index in [0.717, 1.165) is 18.2 Å². The molecule has 0 radical (unpaired) electrons. The predicted octanol–water partition coefficient (Wildman–Crippen LogP) is 5.51. The highest BCUT2D eigenvalue weighted by atomic mass is 32.2. The number of nitrogens with zero attached hydrogens (tertiary/aromatic N) is 1. The summed E-state index contributed by atoms with van der Waals surface area (Å²) in [6.07, 6.45) is -9.30. The van der Waals surface area contributed by atoms with Gasteiger partial charge in [-0.1, -0.05) is 30.0 Å². The number of ether oxygens (including phenoxy) is 1. The Hall–Kier alpha value is -2.71. The lowest BCUT2D eigenvalue weighted by atomic mass is 9.99. The van der Waals surface area contributed by atoms with E-state index in [0.29, 0.717) is 17.8 Å². The molecular formula is C23H22F6N2O4S2. The van der Waals surface area contributed by atoms with Gasteiger partial charge in [0.05, 0.1) is 35.8 Å². The average Bonchev–Trinajstić information content (AvgIpc) is 2.83. The number of nitrogens with one attached hydrogen (secondary N) is 1. The van der Waals surface area contributed by atoms with Crippen LogP contribution in [0.15, 0.2) is 52.3 Å². The first kappa shape index (κ1) is 28.9. The third-order valence-electron chi connectivity index (χ3n) is 5.25. The Balaban J connectivity index is 2.09. The molecule has 0 bridgehead atoms. The molecule has 2 aromatic carbocycles. The summed E-state index contributed by atoms with van der Waals surface area (Å²) >= 11 is 0.345. The molecule has 0 aromatic heterocycles. The van der Waals surface area contributed by atoms with Crippen molar-refractivity contribution < 1.29 is 44.3 Å². The van der Waals surface area contributed by atoms with Crippen molar-refractivity contribution in [3.8, 4) is 0 Å². The Morgan fingerprint density at radius 1 is 1.00 bits per heavy atom. The van der Waals surface area contributed by atoms with E-state index in [1.54, 1.807) is 0 Å². The van der Waals surface area contributed by atoms with Crippen LogP contribution in [-0.2, 0) is 31.9 Å². The van der Waals surface area contributed by atoms with Gasteiger partial charge >= 0.3 is 12.4 Å². The first-order valence-electron chi connectivity index (χ1n) is 10.9. The highest BCUT2D eigenvalue weighted by molar-refractivity contribution is 7.99. The molecule has 0 unspecified atom stereocenters. The van der Waals surface area contributed by atoms with E-state index >= 15 is 0 Å². The zero-order valence-corrected chi connectivity index (χ0v) is 21.0. The smallest absolute Gasteiger partial charge is 0.378 e. The summed E-state index contributed by atoms with van der Waals surface area (Å²) in [7, 11) is -3.81. The standard InChI is InChI=1S/C23H22F6N2O4S2/c1-2-37(33,34)30-16-5-3-4-6-17(16)36-18-9-7-15(8-10-19(32)31-11-13-35-14-12-31)20(22(24,25)26)21(18)23(27,28)29/h3-10,30H,2,11-14H2,1H3. The Morgan fingerprint density at radius 2 is 1.62 bits per heavy atom. The lowest BCUT2D eigenvalue weighted by molar-refractivity contribution is -0.163. The molecule has 3 rings (SSSR count). The van der Waals surface area contributed by atoms with Gasteiger partial charge in [0.2, 0.25) is 15.9 Å². The first-order chi connectivity index (χ1) is 17.2. The van der Waals surface area contributed by atoms with Gasteiger partial charge in [-0.3, -0.25) is 9.52 Å². The summed E-state index contributed by atoms with van der Waals surface area (Å²) in [6, 6.07) is 7.15. The summed E-state index contributed by atoms with van der Waals surface area (Å²) in [4.78, 5) is 12.8. The molecule has 1 aliphatic rings. The number of alkyl halides is 6. The zero-order chi connectivity index (χ0) is 27.4. The third-order valence-corrected chi connectivity index (χ3v) is 7.67. The van der Waals surface area contributed by atoms with E-state index < -0.39 is 49.9 Å². The lowest BCUT2D eigenvalue weighted by Gasteiger charge is -2.25. The maximum atomic E-state index is 14.1. The van der Waals surface area contributed by atoms with Gasteiger partial charge in [-0.2, -0.15) is 26.3 Å². The number of hydrogen-bond acceptors (Lipinski definition) is 5. The van der Waals surface area contributed by atoms with Crippen molar-refractivity contribution >= 4 is 39.5 Å². The molecule has 6 nitrogen and oxygen atoms in total. The van der Waals surface area contributed by atoms with Gasteiger partial charge in [-0.25, -0.2) is 8.42 Å². The van der Waals surface area contributed by atoms with E-state index in [4.69, 9.17) is 4.74 Å². The SMILES string of the molecule is CCS(=O)(=O)Nc1ccccc1Sc1ccc(C=CC(=O)N2CCOCC2)c(C(F)(F)F)c1C(F)(F)F. The summed E-state index contributed by atoms with van der Waals surface area (Å²) in [5.74, 6) is -0.969. The number of sulfonamides is 1. The molecular weight excluding hydrogens is 546 g/mol. The molecule has 1 fully saturated rings. The number of morpholine rings is 1. The van der Waals surface area contributed by atoms with Crippen LogP contribution in [0, 0.1) is 0 Å². The van der Waals surface area contributed by atoms with Crippen LogP contribution in [0.1, 0.15) is 23.6 Å². The Labute approximate surface area is 213 Å². The zero-order valence-electron chi connectivity index (χ0n) is 19.3. The van der Waals surface area contributed by atoms with Gasteiger partial charge in [0.25, 0.3) is 0 Å². The maximum absolute atomic E-state index is 14.1. The monoisotopic (exact) mass is 568 g/mol. The molecule has 1 saturated heterocycles. The summed E-state index contributed by atoms with van der Waals surface area (Å²) < 4.78 is 116. The van der Waals surface area contributed by atoms with Crippen molar-refractivity contribution in [3.05, 3.63) is 59.2 Å². The normalized spacial score (nSPS) is 15.3. The van der Waals surface area contributed by atoms with Crippen molar-refractivity contribution in [3.63, 3.8) is 0 Å². The molecule has 1 aliphatic heterocycles. The minimum absolute atomic E-state index is 0.0241. The number of carbonyl (C=O) groups is 1. The number of halogens is 6. The molecule has 37 heavy (non-hydrogen) atoms. The van der Waals surface area contributed by atoms with Crippen LogP contribution in [0.2, 0.25) is 0 Å².